The Kier molecular flexibility index (Phi) is 6.21. The summed E-state index contributed by atoms with van der Waals surface area (Å²) in [6.07, 6.45) is 4.14. The summed E-state index contributed by atoms with van der Waals surface area (Å²) in [6.45, 7) is 6.29. The molecule has 4 atom stereocenters. The fourth-order valence-electron chi connectivity index (χ4n) is 4.81. The van der Waals surface area contributed by atoms with E-state index < -0.39 is 0 Å². The Morgan fingerprint density at radius 3 is 2.71 bits per heavy atom. The van der Waals surface area contributed by atoms with Crippen molar-refractivity contribution in [3.8, 4) is 5.75 Å². The number of aryl methyl sites for hydroxylation is 1. The molecule has 2 aromatic carbocycles. The van der Waals surface area contributed by atoms with Crippen LogP contribution in [-0.4, -0.2) is 17.0 Å². The third-order valence-corrected chi connectivity index (χ3v) is 6.47. The smallest absolute Gasteiger partial charge is 0.227 e. The molecule has 5 heteroatoms. The Morgan fingerprint density at radius 1 is 1.19 bits per heavy atom. The first kappa shape index (κ1) is 21.3. The van der Waals surface area contributed by atoms with Crippen LogP contribution in [0.2, 0.25) is 0 Å². The number of hydrogen-bond acceptors (Lipinski definition) is 3. The highest BCUT2D eigenvalue weighted by Crippen LogP contribution is 2.41. The van der Waals surface area contributed by atoms with Crippen LogP contribution in [0, 0.1) is 30.5 Å². The summed E-state index contributed by atoms with van der Waals surface area (Å²) in [5.74, 6) is 0.951. The SMILES string of the molecule is CCC(C(=O)Nc1ccc(C)cc1)C1CC(Oc2ccnc3ccc(F)cc23)CC1C. The molecule has 4 rings (SSSR count). The highest BCUT2D eigenvalue weighted by molar-refractivity contribution is 5.92. The molecule has 1 aliphatic carbocycles. The van der Waals surface area contributed by atoms with Crippen molar-refractivity contribution >= 4 is 22.5 Å². The van der Waals surface area contributed by atoms with Gasteiger partial charge in [-0.1, -0.05) is 31.5 Å². The monoisotopic (exact) mass is 420 g/mol. The van der Waals surface area contributed by atoms with Crippen molar-refractivity contribution in [3.63, 3.8) is 0 Å². The van der Waals surface area contributed by atoms with Gasteiger partial charge in [0.1, 0.15) is 11.6 Å². The van der Waals surface area contributed by atoms with Gasteiger partial charge in [-0.25, -0.2) is 4.39 Å². The number of fused-ring (bicyclic) bond motifs is 1. The quantitative estimate of drug-likeness (QED) is 0.521. The van der Waals surface area contributed by atoms with Gasteiger partial charge in [-0.2, -0.15) is 0 Å². The lowest BCUT2D eigenvalue weighted by Crippen LogP contribution is -2.30. The van der Waals surface area contributed by atoms with Gasteiger partial charge in [-0.05, 0) is 74.4 Å². The van der Waals surface area contributed by atoms with Crippen LogP contribution in [0.5, 0.6) is 5.75 Å². The van der Waals surface area contributed by atoms with Crippen molar-refractivity contribution in [2.75, 3.05) is 5.32 Å². The molecule has 1 aromatic heterocycles. The molecule has 3 aromatic rings. The summed E-state index contributed by atoms with van der Waals surface area (Å²) in [4.78, 5) is 17.3. The lowest BCUT2D eigenvalue weighted by molar-refractivity contribution is -0.122. The van der Waals surface area contributed by atoms with E-state index in [1.54, 1.807) is 18.3 Å². The first-order chi connectivity index (χ1) is 14.9. The van der Waals surface area contributed by atoms with Crippen LogP contribution in [0.15, 0.2) is 54.7 Å². The number of carbonyl (C=O) groups excluding carboxylic acids is 1. The predicted molar refractivity (Wildman–Crippen MR) is 122 cm³/mol. The van der Waals surface area contributed by atoms with Gasteiger partial charge in [0.05, 0.1) is 11.6 Å². The van der Waals surface area contributed by atoms with Crippen LogP contribution in [-0.2, 0) is 4.79 Å². The number of halogens is 1. The number of carbonyl (C=O) groups is 1. The van der Waals surface area contributed by atoms with Gasteiger partial charge in [-0.3, -0.25) is 9.78 Å². The standard InChI is InChI=1S/C26H29FN2O2/c1-4-21(26(30)29-19-8-5-16(2)6-9-19)22-15-20(13-17(22)3)31-25-11-12-28-24-10-7-18(27)14-23(24)25/h5-12,14,17,20-22H,4,13,15H2,1-3H3,(H,29,30). The lowest BCUT2D eigenvalue weighted by Gasteiger charge is -2.25. The fraction of sp³-hybridized carbons (Fsp3) is 0.385. The third kappa shape index (κ3) is 4.71. The van der Waals surface area contributed by atoms with E-state index in [9.17, 15) is 9.18 Å². The number of hydrogen-bond donors (Lipinski definition) is 1. The number of rotatable bonds is 6. The summed E-state index contributed by atoms with van der Waals surface area (Å²) >= 11 is 0. The molecular weight excluding hydrogens is 391 g/mol. The molecule has 162 valence electrons. The lowest BCUT2D eigenvalue weighted by atomic mass is 9.82. The zero-order valence-electron chi connectivity index (χ0n) is 18.3. The third-order valence-electron chi connectivity index (χ3n) is 6.47. The second kappa shape index (κ2) is 9.04. The molecule has 1 fully saturated rings. The van der Waals surface area contributed by atoms with E-state index in [4.69, 9.17) is 4.74 Å². The highest BCUT2D eigenvalue weighted by atomic mass is 19.1. The number of aromatic nitrogens is 1. The number of nitrogens with one attached hydrogen (secondary N) is 1. The summed E-state index contributed by atoms with van der Waals surface area (Å²) < 4.78 is 20.1. The zero-order valence-corrected chi connectivity index (χ0v) is 18.3. The van der Waals surface area contributed by atoms with Crippen molar-refractivity contribution in [2.24, 2.45) is 17.8 Å². The minimum Gasteiger partial charge on any atom is -0.490 e. The fourth-order valence-corrected chi connectivity index (χ4v) is 4.81. The summed E-state index contributed by atoms with van der Waals surface area (Å²) in [5, 5.41) is 3.77. The number of nitrogens with zero attached hydrogens (tertiary/aromatic N) is 1. The van der Waals surface area contributed by atoms with E-state index in [1.165, 1.54) is 12.1 Å². The molecule has 0 saturated heterocycles. The molecule has 1 heterocycles. The molecule has 1 N–H and O–H groups in total. The van der Waals surface area contributed by atoms with Gasteiger partial charge in [0.25, 0.3) is 0 Å². The molecule has 0 radical (unpaired) electrons. The first-order valence-corrected chi connectivity index (χ1v) is 11.0. The Hall–Kier alpha value is -2.95. The number of ether oxygens (including phenoxy) is 1. The number of anilines is 1. The van der Waals surface area contributed by atoms with Crippen molar-refractivity contribution in [1.82, 2.24) is 4.98 Å². The maximum atomic E-state index is 13.8. The Morgan fingerprint density at radius 2 is 1.97 bits per heavy atom. The zero-order chi connectivity index (χ0) is 22.0. The molecule has 4 nitrogen and oxygen atoms in total. The molecule has 31 heavy (non-hydrogen) atoms. The molecule has 1 saturated carbocycles. The maximum Gasteiger partial charge on any atom is 0.227 e. The van der Waals surface area contributed by atoms with Crippen LogP contribution in [0.3, 0.4) is 0 Å². The average Bonchev–Trinajstić information content (AvgIpc) is 3.10. The maximum absolute atomic E-state index is 13.8. The molecule has 0 bridgehead atoms. The molecule has 1 aliphatic rings. The molecule has 0 spiro atoms. The van der Waals surface area contributed by atoms with Crippen LogP contribution in [0.25, 0.3) is 10.9 Å². The number of benzene rings is 2. The summed E-state index contributed by atoms with van der Waals surface area (Å²) in [6, 6.07) is 14.2. The van der Waals surface area contributed by atoms with Crippen LogP contribution in [0.4, 0.5) is 10.1 Å². The minimum absolute atomic E-state index is 0.00454. The minimum atomic E-state index is -0.304. The van der Waals surface area contributed by atoms with Gasteiger partial charge in [-0.15, -0.1) is 0 Å². The summed E-state index contributed by atoms with van der Waals surface area (Å²) in [5.41, 5.74) is 2.71. The van der Waals surface area contributed by atoms with Gasteiger partial charge < -0.3 is 10.1 Å². The van der Waals surface area contributed by atoms with Crippen LogP contribution in [0.1, 0.15) is 38.7 Å². The van der Waals surface area contributed by atoms with E-state index in [1.807, 2.05) is 31.2 Å². The second-order valence-corrected chi connectivity index (χ2v) is 8.69. The Labute approximate surface area is 182 Å². The van der Waals surface area contributed by atoms with Gasteiger partial charge in [0.15, 0.2) is 0 Å². The predicted octanol–water partition coefficient (Wildman–Crippen LogP) is 6.14. The van der Waals surface area contributed by atoms with Gasteiger partial charge in [0.2, 0.25) is 5.91 Å². The van der Waals surface area contributed by atoms with Gasteiger partial charge in [0, 0.05) is 23.2 Å². The molecule has 0 aliphatic heterocycles. The first-order valence-electron chi connectivity index (χ1n) is 11.0. The van der Waals surface area contributed by atoms with Crippen LogP contribution >= 0.6 is 0 Å². The topological polar surface area (TPSA) is 51.2 Å². The second-order valence-electron chi connectivity index (χ2n) is 8.69. The normalized spacial score (nSPS) is 21.7. The van der Waals surface area contributed by atoms with Crippen molar-refractivity contribution in [2.45, 2.75) is 46.1 Å². The van der Waals surface area contributed by atoms with E-state index in [-0.39, 0.29) is 29.7 Å². The van der Waals surface area contributed by atoms with Gasteiger partial charge >= 0.3 is 0 Å². The largest absolute Gasteiger partial charge is 0.490 e. The van der Waals surface area contributed by atoms with E-state index >= 15 is 0 Å². The molecule has 4 unspecified atom stereocenters. The van der Waals surface area contributed by atoms with Crippen molar-refractivity contribution in [3.05, 3.63) is 66.1 Å². The van der Waals surface area contributed by atoms with E-state index in [0.717, 1.165) is 30.5 Å². The molecule has 1 amide bonds. The molecular formula is C26H29FN2O2. The number of pyridine rings is 1. The van der Waals surface area contributed by atoms with E-state index in [2.05, 4.69) is 24.1 Å². The number of amides is 1. The Balaban J connectivity index is 1.47. The average molecular weight is 421 g/mol. The van der Waals surface area contributed by atoms with Crippen molar-refractivity contribution in [1.29, 1.82) is 0 Å². The van der Waals surface area contributed by atoms with Crippen LogP contribution < -0.4 is 10.1 Å². The highest BCUT2D eigenvalue weighted by Gasteiger charge is 2.40. The summed E-state index contributed by atoms with van der Waals surface area (Å²) in [7, 11) is 0. The Bertz CT molecular complexity index is 1070. The van der Waals surface area contributed by atoms with E-state index in [0.29, 0.717) is 22.6 Å². The van der Waals surface area contributed by atoms with Crippen molar-refractivity contribution < 1.29 is 13.9 Å².